The van der Waals surface area contributed by atoms with E-state index in [1.807, 2.05) is 6.92 Å². The van der Waals surface area contributed by atoms with E-state index >= 15 is 0 Å². The van der Waals surface area contributed by atoms with Gasteiger partial charge in [-0.05, 0) is 18.6 Å². The Hall–Kier alpha value is -0.970. The number of hydrogen-bond acceptors (Lipinski definition) is 4. The molecule has 0 fully saturated rings. The van der Waals surface area contributed by atoms with Crippen molar-refractivity contribution in [3.05, 3.63) is 22.2 Å². The molecule has 88 valence electrons. The van der Waals surface area contributed by atoms with Gasteiger partial charge >= 0.3 is 0 Å². The van der Waals surface area contributed by atoms with Crippen LogP contribution in [0.5, 0.6) is 11.5 Å². The van der Waals surface area contributed by atoms with Gasteiger partial charge in [0.15, 0.2) is 0 Å². The largest absolute Gasteiger partial charge is 0.506 e. The molecule has 0 spiro atoms. The van der Waals surface area contributed by atoms with E-state index < -0.39 is 6.04 Å². The van der Waals surface area contributed by atoms with Crippen molar-refractivity contribution < 1.29 is 14.9 Å². The van der Waals surface area contributed by atoms with Crippen LogP contribution in [-0.2, 0) is 6.42 Å². The number of ether oxygens (including phenoxy) is 1. The molecule has 0 saturated carbocycles. The summed E-state index contributed by atoms with van der Waals surface area (Å²) >= 11 is 6.00. The average molecular weight is 244 g/mol. The van der Waals surface area contributed by atoms with Crippen molar-refractivity contribution in [1.29, 1.82) is 0 Å². The predicted octanol–water partition coefficient (Wildman–Crippen LogP) is 1.36. The van der Waals surface area contributed by atoms with Crippen LogP contribution in [0.4, 0.5) is 0 Å². The summed E-state index contributed by atoms with van der Waals surface area (Å²) in [4.78, 5) is 0. The summed E-state index contributed by atoms with van der Waals surface area (Å²) in [5, 5.41) is 19.0. The van der Waals surface area contributed by atoms with E-state index in [9.17, 15) is 5.11 Å². The van der Waals surface area contributed by atoms with Gasteiger partial charge in [0, 0.05) is 12.0 Å². The number of nitrogens with two attached hydrogens (primary N) is 1. The molecule has 2 atom stereocenters. The van der Waals surface area contributed by atoms with Crippen LogP contribution in [0.2, 0.25) is 5.02 Å². The van der Waals surface area contributed by atoms with Crippen molar-refractivity contribution in [3.8, 4) is 11.5 Å². The molecule has 1 aliphatic rings. The first-order valence-electron chi connectivity index (χ1n) is 5.12. The maximum Gasteiger partial charge on any atom is 0.145 e. The number of benzene rings is 1. The fourth-order valence-electron chi connectivity index (χ4n) is 1.91. The van der Waals surface area contributed by atoms with Crippen molar-refractivity contribution in [2.75, 3.05) is 6.61 Å². The number of halogens is 1. The first-order valence-corrected chi connectivity index (χ1v) is 5.49. The third-order valence-electron chi connectivity index (χ3n) is 2.72. The molecule has 0 bridgehead atoms. The third kappa shape index (κ3) is 1.73. The molecule has 1 aromatic carbocycles. The summed E-state index contributed by atoms with van der Waals surface area (Å²) in [6.07, 6.45) is 0.785. The summed E-state index contributed by atoms with van der Waals surface area (Å²) in [5.41, 5.74) is 7.07. The molecule has 5 heteroatoms. The maximum atomic E-state index is 9.85. The molecule has 0 amide bonds. The third-order valence-corrected chi connectivity index (χ3v) is 3.08. The van der Waals surface area contributed by atoms with E-state index in [4.69, 9.17) is 27.2 Å². The predicted molar refractivity (Wildman–Crippen MR) is 60.9 cm³/mol. The zero-order valence-electron chi connectivity index (χ0n) is 8.90. The zero-order valence-corrected chi connectivity index (χ0v) is 9.66. The number of aromatic hydroxyl groups is 1. The van der Waals surface area contributed by atoms with Crippen LogP contribution >= 0.6 is 11.6 Å². The Morgan fingerprint density at radius 1 is 1.69 bits per heavy atom. The molecule has 1 aliphatic heterocycles. The Kier molecular flexibility index (Phi) is 2.97. The second-order valence-corrected chi connectivity index (χ2v) is 4.42. The quantitative estimate of drug-likeness (QED) is 0.733. The van der Waals surface area contributed by atoms with Crippen LogP contribution < -0.4 is 10.5 Å². The van der Waals surface area contributed by atoms with E-state index in [0.717, 1.165) is 12.0 Å². The number of hydrogen-bond donors (Lipinski definition) is 3. The molecular weight excluding hydrogens is 230 g/mol. The van der Waals surface area contributed by atoms with Gasteiger partial charge in [0.25, 0.3) is 0 Å². The van der Waals surface area contributed by atoms with Gasteiger partial charge in [-0.3, -0.25) is 0 Å². The first-order chi connectivity index (χ1) is 7.54. The second kappa shape index (κ2) is 4.13. The molecule has 1 heterocycles. The zero-order chi connectivity index (χ0) is 11.9. The Labute approximate surface area is 98.6 Å². The summed E-state index contributed by atoms with van der Waals surface area (Å²) in [6.45, 7) is 1.69. The Bertz CT molecular complexity index is 422. The Balaban J connectivity index is 2.52. The number of rotatable bonds is 2. The monoisotopic (exact) mass is 243 g/mol. The fourth-order valence-corrected chi connectivity index (χ4v) is 2.18. The lowest BCUT2D eigenvalue weighted by atomic mass is 10.0. The van der Waals surface area contributed by atoms with Gasteiger partial charge < -0.3 is 20.7 Å². The first kappa shape index (κ1) is 11.5. The van der Waals surface area contributed by atoms with E-state index in [2.05, 4.69) is 0 Å². The molecule has 4 N–H and O–H groups in total. The second-order valence-electron chi connectivity index (χ2n) is 4.04. The number of aliphatic hydroxyl groups excluding tert-OH is 1. The van der Waals surface area contributed by atoms with E-state index in [-0.39, 0.29) is 23.5 Å². The molecule has 0 saturated heterocycles. The maximum absolute atomic E-state index is 9.85. The van der Waals surface area contributed by atoms with Crippen LogP contribution in [0.15, 0.2) is 6.07 Å². The van der Waals surface area contributed by atoms with Crippen molar-refractivity contribution in [2.24, 2.45) is 5.73 Å². The highest BCUT2D eigenvalue weighted by Gasteiger charge is 2.27. The summed E-state index contributed by atoms with van der Waals surface area (Å²) in [6, 6.07) is 1.12. The van der Waals surface area contributed by atoms with E-state index in [1.54, 1.807) is 6.07 Å². The molecule has 1 aromatic rings. The van der Waals surface area contributed by atoms with Gasteiger partial charge in [0.05, 0.1) is 12.6 Å². The highest BCUT2D eigenvalue weighted by Crippen LogP contribution is 2.44. The van der Waals surface area contributed by atoms with Crippen LogP contribution in [0, 0.1) is 0 Å². The summed E-state index contributed by atoms with van der Waals surface area (Å²) in [5.74, 6) is 0.427. The molecule has 0 aliphatic carbocycles. The Morgan fingerprint density at radius 3 is 3.00 bits per heavy atom. The van der Waals surface area contributed by atoms with Crippen molar-refractivity contribution in [3.63, 3.8) is 0 Å². The minimum atomic E-state index is -0.626. The molecular formula is C11H14ClNO3. The topological polar surface area (TPSA) is 75.7 Å². The van der Waals surface area contributed by atoms with Gasteiger partial charge in [-0.15, -0.1) is 0 Å². The SMILES string of the molecule is CC1Cc2cc(C(N)CO)c(O)c(Cl)c2O1. The molecule has 2 rings (SSSR count). The standard InChI is InChI=1S/C11H14ClNO3/c1-5-2-6-3-7(8(13)4-14)10(15)9(12)11(6)16-5/h3,5,8,14-15H,2,4,13H2,1H3. The van der Waals surface area contributed by atoms with Crippen LogP contribution in [-0.4, -0.2) is 22.9 Å². The van der Waals surface area contributed by atoms with E-state index in [0.29, 0.717) is 11.3 Å². The molecule has 4 nitrogen and oxygen atoms in total. The number of aliphatic hydroxyl groups is 1. The van der Waals surface area contributed by atoms with Gasteiger partial charge in [-0.1, -0.05) is 11.6 Å². The average Bonchev–Trinajstić information content (AvgIpc) is 2.63. The van der Waals surface area contributed by atoms with Crippen molar-refractivity contribution in [1.82, 2.24) is 0 Å². The van der Waals surface area contributed by atoms with Crippen LogP contribution in [0.1, 0.15) is 24.1 Å². The number of phenolic OH excluding ortho intramolecular Hbond substituents is 1. The smallest absolute Gasteiger partial charge is 0.145 e. The van der Waals surface area contributed by atoms with Gasteiger partial charge in [0.2, 0.25) is 0 Å². The van der Waals surface area contributed by atoms with Gasteiger partial charge in [-0.25, -0.2) is 0 Å². The normalized spacial score (nSPS) is 20.4. The van der Waals surface area contributed by atoms with Gasteiger partial charge in [-0.2, -0.15) is 0 Å². The minimum absolute atomic E-state index is 0.0486. The molecule has 0 radical (unpaired) electrons. The lowest BCUT2D eigenvalue weighted by molar-refractivity contribution is 0.253. The summed E-state index contributed by atoms with van der Waals surface area (Å²) in [7, 11) is 0. The van der Waals surface area contributed by atoms with Crippen LogP contribution in [0.25, 0.3) is 0 Å². The lowest BCUT2D eigenvalue weighted by Gasteiger charge is -2.14. The van der Waals surface area contributed by atoms with E-state index in [1.165, 1.54) is 0 Å². The molecule has 2 unspecified atom stereocenters. The number of fused-ring (bicyclic) bond motifs is 1. The highest BCUT2D eigenvalue weighted by molar-refractivity contribution is 6.33. The van der Waals surface area contributed by atoms with Gasteiger partial charge in [0.1, 0.15) is 22.6 Å². The summed E-state index contributed by atoms with van der Waals surface area (Å²) < 4.78 is 5.49. The molecule has 0 aromatic heterocycles. The number of phenols is 1. The minimum Gasteiger partial charge on any atom is -0.506 e. The van der Waals surface area contributed by atoms with Crippen LogP contribution in [0.3, 0.4) is 0 Å². The lowest BCUT2D eigenvalue weighted by Crippen LogP contribution is -2.15. The Morgan fingerprint density at radius 2 is 2.38 bits per heavy atom. The highest BCUT2D eigenvalue weighted by atomic mass is 35.5. The molecule has 16 heavy (non-hydrogen) atoms. The fraction of sp³-hybridized carbons (Fsp3) is 0.455. The van der Waals surface area contributed by atoms with Crippen molar-refractivity contribution >= 4 is 11.6 Å². The van der Waals surface area contributed by atoms with Crippen molar-refractivity contribution in [2.45, 2.75) is 25.5 Å².